The molecule has 11 nitrogen and oxygen atoms in total. The molecule has 0 saturated heterocycles. The largest absolute Gasteiger partial charge is 0.480 e. The van der Waals surface area contributed by atoms with Crippen molar-refractivity contribution in [2.24, 2.45) is 11.5 Å². The maximum atomic E-state index is 13.0. The van der Waals surface area contributed by atoms with E-state index in [0.717, 1.165) is 5.56 Å². The van der Waals surface area contributed by atoms with Gasteiger partial charge in [-0.05, 0) is 30.4 Å². The van der Waals surface area contributed by atoms with Crippen LogP contribution in [0.4, 0.5) is 0 Å². The molecule has 1 aromatic carbocycles. The molecule has 1 aromatic rings. The van der Waals surface area contributed by atoms with Gasteiger partial charge < -0.3 is 32.5 Å². The Morgan fingerprint density at radius 1 is 0.943 bits per heavy atom. The molecule has 13 heteroatoms. The van der Waals surface area contributed by atoms with E-state index in [1.54, 1.807) is 30.3 Å². The van der Waals surface area contributed by atoms with Crippen LogP contribution in [0.25, 0.3) is 0 Å². The van der Waals surface area contributed by atoms with Gasteiger partial charge >= 0.3 is 5.97 Å². The number of nitrogens with one attached hydrogen (secondary N) is 3. The smallest absolute Gasteiger partial charge is 0.326 e. The molecular formula is C22H33N5O6S2. The highest BCUT2D eigenvalue weighted by atomic mass is 32.2. The van der Waals surface area contributed by atoms with Crippen molar-refractivity contribution in [1.29, 1.82) is 0 Å². The highest BCUT2D eigenvalue weighted by Crippen LogP contribution is 2.07. The summed E-state index contributed by atoms with van der Waals surface area (Å²) in [5.41, 5.74) is 11.5. The van der Waals surface area contributed by atoms with Gasteiger partial charge in [-0.25, -0.2) is 4.79 Å². The number of carbonyl (C=O) groups excluding carboxylic acids is 4. The van der Waals surface area contributed by atoms with Gasteiger partial charge in [-0.15, -0.1) is 0 Å². The normalized spacial score (nSPS) is 14.1. The Hall–Kier alpha value is -2.77. The summed E-state index contributed by atoms with van der Waals surface area (Å²) in [7, 11) is 0. The second kappa shape index (κ2) is 16.0. The zero-order chi connectivity index (χ0) is 26.4. The van der Waals surface area contributed by atoms with Gasteiger partial charge in [-0.3, -0.25) is 19.2 Å². The number of hydrogen-bond donors (Lipinski definition) is 7. The van der Waals surface area contributed by atoms with Crippen LogP contribution in [0.2, 0.25) is 0 Å². The van der Waals surface area contributed by atoms with E-state index in [0.29, 0.717) is 5.75 Å². The third kappa shape index (κ3) is 11.5. The van der Waals surface area contributed by atoms with Crippen molar-refractivity contribution in [3.8, 4) is 0 Å². The Morgan fingerprint density at radius 2 is 1.49 bits per heavy atom. The van der Waals surface area contributed by atoms with Crippen molar-refractivity contribution in [1.82, 2.24) is 16.0 Å². The second-order valence-corrected chi connectivity index (χ2v) is 9.14. The summed E-state index contributed by atoms with van der Waals surface area (Å²) in [6.07, 6.45) is 1.80. The van der Waals surface area contributed by atoms with Gasteiger partial charge in [0.15, 0.2) is 0 Å². The van der Waals surface area contributed by atoms with Gasteiger partial charge in [0.25, 0.3) is 0 Å². The monoisotopic (exact) mass is 527 g/mol. The SMILES string of the molecule is CSCCC(NC(=O)C(CCC(N)=O)NC(=O)C(N)CS)C(=O)NC(Cc1ccccc1)C(=O)O. The molecule has 0 radical (unpaired) electrons. The fraction of sp³-hybridized carbons (Fsp3) is 0.500. The quantitative estimate of drug-likeness (QED) is 0.134. The van der Waals surface area contributed by atoms with Crippen LogP contribution in [0, 0.1) is 0 Å². The van der Waals surface area contributed by atoms with Gasteiger partial charge in [0.1, 0.15) is 18.1 Å². The molecule has 0 aliphatic rings. The summed E-state index contributed by atoms with van der Waals surface area (Å²) in [5.74, 6) is -3.40. The number of carbonyl (C=O) groups is 5. The average molecular weight is 528 g/mol. The number of carboxylic acid groups (broad SMARTS) is 1. The van der Waals surface area contributed by atoms with Crippen LogP contribution in [0.3, 0.4) is 0 Å². The van der Waals surface area contributed by atoms with Crippen LogP contribution >= 0.6 is 24.4 Å². The molecule has 0 bridgehead atoms. The highest BCUT2D eigenvalue weighted by Gasteiger charge is 2.30. The van der Waals surface area contributed by atoms with E-state index in [1.165, 1.54) is 11.8 Å². The number of thioether (sulfide) groups is 1. The maximum absolute atomic E-state index is 13.0. The van der Waals surface area contributed by atoms with Crippen molar-refractivity contribution in [3.63, 3.8) is 0 Å². The first kappa shape index (κ1) is 30.3. The number of benzene rings is 1. The molecule has 4 atom stereocenters. The molecule has 0 aliphatic heterocycles. The third-order valence-corrected chi connectivity index (χ3v) is 6.02. The van der Waals surface area contributed by atoms with Gasteiger partial charge in [0, 0.05) is 18.6 Å². The Bertz CT molecular complexity index is 873. The summed E-state index contributed by atoms with van der Waals surface area (Å²) in [5, 5.41) is 17.1. The predicted molar refractivity (Wildman–Crippen MR) is 137 cm³/mol. The molecule has 0 spiro atoms. The van der Waals surface area contributed by atoms with Crippen LogP contribution < -0.4 is 27.4 Å². The molecule has 0 aromatic heterocycles. The Kier molecular flexibility index (Phi) is 13.8. The number of primary amides is 1. The van der Waals surface area contributed by atoms with Crippen LogP contribution in [0.1, 0.15) is 24.8 Å². The Labute approximate surface area is 213 Å². The molecule has 0 fully saturated rings. The first-order valence-corrected chi connectivity index (χ1v) is 12.9. The fourth-order valence-corrected chi connectivity index (χ4v) is 3.65. The minimum atomic E-state index is -1.22. The topological polar surface area (TPSA) is 194 Å². The molecule has 4 amide bonds. The first-order chi connectivity index (χ1) is 16.6. The van der Waals surface area contributed by atoms with Crippen molar-refractivity contribution < 1.29 is 29.1 Å². The van der Waals surface area contributed by atoms with E-state index in [9.17, 15) is 29.1 Å². The maximum Gasteiger partial charge on any atom is 0.326 e. The zero-order valence-electron chi connectivity index (χ0n) is 19.4. The predicted octanol–water partition coefficient (Wildman–Crippen LogP) is -0.956. The lowest BCUT2D eigenvalue weighted by Crippen LogP contribution is -2.57. The number of rotatable bonds is 16. The lowest BCUT2D eigenvalue weighted by atomic mass is 10.0. The van der Waals surface area contributed by atoms with Crippen molar-refractivity contribution in [2.75, 3.05) is 17.8 Å². The van der Waals surface area contributed by atoms with Crippen LogP contribution in [-0.4, -0.2) is 76.6 Å². The van der Waals surface area contributed by atoms with Crippen LogP contribution in [0.15, 0.2) is 30.3 Å². The lowest BCUT2D eigenvalue weighted by Gasteiger charge is -2.25. The van der Waals surface area contributed by atoms with E-state index in [1.807, 2.05) is 6.26 Å². The summed E-state index contributed by atoms with van der Waals surface area (Å²) in [6.45, 7) is 0. The van der Waals surface area contributed by atoms with E-state index >= 15 is 0 Å². The van der Waals surface area contributed by atoms with E-state index < -0.39 is 53.8 Å². The van der Waals surface area contributed by atoms with Gasteiger partial charge in [-0.2, -0.15) is 24.4 Å². The van der Waals surface area contributed by atoms with E-state index in [2.05, 4.69) is 28.6 Å². The highest BCUT2D eigenvalue weighted by molar-refractivity contribution is 7.98. The van der Waals surface area contributed by atoms with E-state index in [-0.39, 0.29) is 31.4 Å². The lowest BCUT2D eigenvalue weighted by molar-refractivity contribution is -0.142. The van der Waals surface area contributed by atoms with Crippen molar-refractivity contribution in [3.05, 3.63) is 35.9 Å². The number of aliphatic carboxylic acids is 1. The standard InChI is InChI=1S/C22H33N5O6S2/c1-35-10-9-16(21(31)27-17(22(32)33)11-13-5-3-2-4-6-13)26-20(30)15(7-8-18(24)28)25-19(29)14(23)12-34/h2-6,14-17,34H,7-12,23H2,1H3,(H2,24,28)(H,25,29)(H,26,30)(H,27,31)(H,32,33). The average Bonchev–Trinajstić information content (AvgIpc) is 2.83. The molecule has 0 aliphatic carbocycles. The molecule has 8 N–H and O–H groups in total. The van der Waals surface area contributed by atoms with Gasteiger partial charge in [0.2, 0.25) is 23.6 Å². The van der Waals surface area contributed by atoms with Gasteiger partial charge in [0.05, 0.1) is 6.04 Å². The van der Waals surface area contributed by atoms with Gasteiger partial charge in [-0.1, -0.05) is 30.3 Å². The molecule has 4 unspecified atom stereocenters. The Morgan fingerprint density at radius 3 is 2.00 bits per heavy atom. The summed E-state index contributed by atoms with van der Waals surface area (Å²) < 4.78 is 0. The van der Waals surface area contributed by atoms with Crippen molar-refractivity contribution in [2.45, 2.75) is 49.9 Å². The third-order valence-electron chi connectivity index (χ3n) is 4.99. The molecular weight excluding hydrogens is 494 g/mol. The number of thiol groups is 1. The number of carboxylic acids is 1. The molecule has 0 saturated carbocycles. The van der Waals surface area contributed by atoms with Crippen LogP contribution in [0.5, 0.6) is 0 Å². The number of hydrogen-bond acceptors (Lipinski definition) is 8. The molecule has 0 heterocycles. The minimum Gasteiger partial charge on any atom is -0.480 e. The summed E-state index contributed by atoms with van der Waals surface area (Å²) in [6, 6.07) is 4.37. The summed E-state index contributed by atoms with van der Waals surface area (Å²) >= 11 is 5.39. The zero-order valence-corrected chi connectivity index (χ0v) is 21.1. The first-order valence-electron chi connectivity index (χ1n) is 10.9. The van der Waals surface area contributed by atoms with Crippen molar-refractivity contribution >= 4 is 54.0 Å². The fourth-order valence-electron chi connectivity index (χ4n) is 3.02. The minimum absolute atomic E-state index is 0.0345. The molecule has 35 heavy (non-hydrogen) atoms. The number of amides is 4. The second-order valence-electron chi connectivity index (χ2n) is 7.79. The van der Waals surface area contributed by atoms with Crippen LogP contribution in [-0.2, 0) is 30.4 Å². The summed E-state index contributed by atoms with van der Waals surface area (Å²) in [4.78, 5) is 61.1. The molecule has 1 rings (SSSR count). The molecule has 194 valence electrons. The van der Waals surface area contributed by atoms with E-state index in [4.69, 9.17) is 11.5 Å². The number of nitrogens with two attached hydrogens (primary N) is 2. The Balaban J connectivity index is 2.98.